The summed E-state index contributed by atoms with van der Waals surface area (Å²) in [4.78, 5) is 24.7. The maximum absolute atomic E-state index is 12.5. The molecular weight excluding hydrogens is 400 g/mol. The third-order valence-electron chi connectivity index (χ3n) is 4.42. The summed E-state index contributed by atoms with van der Waals surface area (Å²) in [6.45, 7) is 2.72. The fraction of sp³-hybridized carbons (Fsp3) is 0.227. The number of amides is 2. The number of para-hydroxylation sites is 2. The minimum absolute atomic E-state index is 0.00549. The Bertz CT molecular complexity index is 1050. The number of nitrogens with one attached hydrogen (secondary N) is 3. The highest BCUT2D eigenvalue weighted by Gasteiger charge is 2.14. The largest absolute Gasteiger partial charge is 0.493 e. The van der Waals surface area contributed by atoms with E-state index in [0.29, 0.717) is 17.9 Å². The van der Waals surface area contributed by atoms with Crippen LogP contribution in [0, 0.1) is 0 Å². The molecule has 2 aromatic carbocycles. The van der Waals surface area contributed by atoms with Gasteiger partial charge in [-0.15, -0.1) is 0 Å². The molecule has 30 heavy (non-hydrogen) atoms. The summed E-state index contributed by atoms with van der Waals surface area (Å²) in [6.07, 6.45) is 3.75. The lowest BCUT2D eigenvalue weighted by atomic mass is 10.2. The molecule has 2 amide bonds. The molecule has 3 N–H and O–H groups in total. The van der Waals surface area contributed by atoms with E-state index in [9.17, 15) is 9.59 Å². The Hall–Kier alpha value is -3.39. The minimum atomic E-state index is -0.412. The molecule has 0 radical (unpaired) electrons. The fourth-order valence-electron chi connectivity index (χ4n) is 2.91. The Morgan fingerprint density at radius 1 is 1.03 bits per heavy atom. The Morgan fingerprint density at radius 2 is 1.80 bits per heavy atom. The first-order valence-electron chi connectivity index (χ1n) is 9.74. The molecule has 3 aromatic rings. The molecule has 0 saturated heterocycles. The van der Waals surface area contributed by atoms with Gasteiger partial charge in [-0.2, -0.15) is 0 Å². The van der Waals surface area contributed by atoms with E-state index in [1.54, 1.807) is 24.3 Å². The number of aromatic nitrogens is 1. The number of unbranched alkanes of at least 4 members (excludes halogenated alkanes) is 1. The second-order valence-corrected chi connectivity index (χ2v) is 7.07. The van der Waals surface area contributed by atoms with Crippen LogP contribution in [0.3, 0.4) is 0 Å². The van der Waals surface area contributed by atoms with E-state index in [4.69, 9.17) is 17.0 Å². The molecule has 1 heterocycles. The maximum Gasteiger partial charge on any atom is 0.261 e. The standard InChI is InChI=1S/C22H24N4O3S/c1-2-3-14-29-19-11-7-5-9-17(19)21(28)23-22(30)25-24-20(27)15-26-13-12-16-8-4-6-10-18(16)26/h4-13H,2-3,14-15H2,1H3,(H,24,27)(H2,23,25,28,30). The number of nitrogens with zero attached hydrogens (tertiary/aromatic N) is 1. The van der Waals surface area contributed by atoms with Crippen LogP contribution in [0.1, 0.15) is 30.1 Å². The van der Waals surface area contributed by atoms with Crippen molar-refractivity contribution in [2.45, 2.75) is 26.3 Å². The van der Waals surface area contributed by atoms with Crippen LogP contribution in [0.5, 0.6) is 5.75 Å². The van der Waals surface area contributed by atoms with Gasteiger partial charge in [0.2, 0.25) is 0 Å². The van der Waals surface area contributed by atoms with Gasteiger partial charge in [-0.1, -0.05) is 43.7 Å². The first-order valence-corrected chi connectivity index (χ1v) is 10.1. The first kappa shape index (κ1) is 21.3. The van der Waals surface area contributed by atoms with Gasteiger partial charge in [-0.25, -0.2) is 0 Å². The van der Waals surface area contributed by atoms with Crippen LogP contribution in [0.2, 0.25) is 0 Å². The molecule has 0 aliphatic rings. The van der Waals surface area contributed by atoms with Crippen molar-refractivity contribution in [2.24, 2.45) is 0 Å². The monoisotopic (exact) mass is 424 g/mol. The van der Waals surface area contributed by atoms with Gasteiger partial charge in [0.15, 0.2) is 5.11 Å². The Labute approximate surface area is 180 Å². The highest BCUT2D eigenvalue weighted by molar-refractivity contribution is 7.80. The molecule has 1 aromatic heterocycles. The van der Waals surface area contributed by atoms with Crippen molar-refractivity contribution in [3.63, 3.8) is 0 Å². The zero-order valence-corrected chi connectivity index (χ0v) is 17.5. The van der Waals surface area contributed by atoms with Crippen molar-refractivity contribution in [1.82, 2.24) is 20.7 Å². The highest BCUT2D eigenvalue weighted by Crippen LogP contribution is 2.18. The predicted molar refractivity (Wildman–Crippen MR) is 120 cm³/mol. The van der Waals surface area contributed by atoms with E-state index >= 15 is 0 Å². The minimum Gasteiger partial charge on any atom is -0.493 e. The number of hydrazine groups is 1. The Balaban J connectivity index is 1.51. The number of thiocarbonyl (C=S) groups is 1. The van der Waals surface area contributed by atoms with Gasteiger partial charge in [-0.3, -0.25) is 25.8 Å². The molecule has 0 spiro atoms. The molecule has 3 rings (SSSR count). The Kier molecular flexibility index (Phi) is 7.40. The second kappa shape index (κ2) is 10.4. The van der Waals surface area contributed by atoms with Crippen molar-refractivity contribution in [2.75, 3.05) is 6.61 Å². The fourth-order valence-corrected chi connectivity index (χ4v) is 3.05. The molecule has 7 nitrogen and oxygen atoms in total. The van der Waals surface area contributed by atoms with Crippen LogP contribution in [0.25, 0.3) is 10.9 Å². The molecule has 0 aliphatic heterocycles. The lowest BCUT2D eigenvalue weighted by molar-refractivity contribution is -0.122. The average molecular weight is 425 g/mol. The molecule has 8 heteroatoms. The van der Waals surface area contributed by atoms with Crippen LogP contribution in [-0.4, -0.2) is 28.1 Å². The molecule has 0 unspecified atom stereocenters. The van der Waals surface area contributed by atoms with E-state index in [1.165, 1.54) is 0 Å². The van der Waals surface area contributed by atoms with Crippen molar-refractivity contribution in [3.05, 3.63) is 66.4 Å². The number of benzene rings is 2. The number of fused-ring (bicyclic) bond motifs is 1. The number of rotatable bonds is 7. The summed E-state index contributed by atoms with van der Waals surface area (Å²) in [5, 5.41) is 3.60. The molecule has 0 fully saturated rings. The molecular formula is C22H24N4O3S. The topological polar surface area (TPSA) is 84.4 Å². The zero-order valence-electron chi connectivity index (χ0n) is 16.7. The third kappa shape index (κ3) is 5.57. The molecule has 156 valence electrons. The van der Waals surface area contributed by atoms with E-state index < -0.39 is 5.91 Å². The highest BCUT2D eigenvalue weighted by atomic mass is 32.1. The molecule has 0 bridgehead atoms. The smallest absolute Gasteiger partial charge is 0.261 e. The van der Waals surface area contributed by atoms with E-state index in [2.05, 4.69) is 23.1 Å². The van der Waals surface area contributed by atoms with Crippen LogP contribution in [0.15, 0.2) is 60.8 Å². The third-order valence-corrected chi connectivity index (χ3v) is 4.63. The van der Waals surface area contributed by atoms with Crippen molar-refractivity contribution in [1.29, 1.82) is 0 Å². The molecule has 0 saturated carbocycles. The second-order valence-electron chi connectivity index (χ2n) is 6.66. The van der Waals surface area contributed by atoms with Crippen LogP contribution < -0.4 is 20.9 Å². The summed E-state index contributed by atoms with van der Waals surface area (Å²) in [5.74, 6) is -0.212. The van der Waals surface area contributed by atoms with Crippen LogP contribution in [0.4, 0.5) is 0 Å². The summed E-state index contributed by atoms with van der Waals surface area (Å²) in [6, 6.07) is 16.7. The molecule has 0 atom stereocenters. The van der Waals surface area contributed by atoms with Crippen molar-refractivity contribution in [3.8, 4) is 5.75 Å². The van der Waals surface area contributed by atoms with Gasteiger partial charge >= 0.3 is 0 Å². The number of carbonyl (C=O) groups is 2. The van der Waals surface area contributed by atoms with Gasteiger partial charge in [0.1, 0.15) is 12.3 Å². The summed E-state index contributed by atoms with van der Waals surface area (Å²) in [7, 11) is 0. The summed E-state index contributed by atoms with van der Waals surface area (Å²) < 4.78 is 7.51. The van der Waals surface area contributed by atoms with E-state index in [1.807, 2.05) is 41.1 Å². The Morgan fingerprint density at radius 3 is 2.63 bits per heavy atom. The van der Waals surface area contributed by atoms with Gasteiger partial charge in [0.05, 0.1) is 12.2 Å². The average Bonchev–Trinajstić information content (AvgIpc) is 3.15. The van der Waals surface area contributed by atoms with E-state index in [0.717, 1.165) is 23.7 Å². The zero-order chi connectivity index (χ0) is 21.3. The normalized spacial score (nSPS) is 10.4. The number of hydrogen-bond donors (Lipinski definition) is 3. The van der Waals surface area contributed by atoms with Crippen molar-refractivity contribution >= 4 is 40.0 Å². The summed E-state index contributed by atoms with van der Waals surface area (Å²) in [5.41, 5.74) is 6.40. The maximum atomic E-state index is 12.5. The van der Waals surface area contributed by atoms with Gasteiger partial charge in [-0.05, 0) is 48.3 Å². The van der Waals surface area contributed by atoms with Gasteiger partial charge in [0.25, 0.3) is 11.8 Å². The van der Waals surface area contributed by atoms with Crippen LogP contribution in [-0.2, 0) is 11.3 Å². The van der Waals surface area contributed by atoms with E-state index in [-0.39, 0.29) is 17.6 Å². The number of ether oxygens (including phenoxy) is 1. The summed E-state index contributed by atoms with van der Waals surface area (Å²) >= 11 is 5.12. The number of carbonyl (C=O) groups excluding carboxylic acids is 2. The van der Waals surface area contributed by atoms with Crippen LogP contribution >= 0.6 is 12.2 Å². The number of hydrogen-bond acceptors (Lipinski definition) is 4. The first-order chi connectivity index (χ1) is 14.6. The lowest BCUT2D eigenvalue weighted by Crippen LogP contribution is -2.49. The van der Waals surface area contributed by atoms with Crippen molar-refractivity contribution < 1.29 is 14.3 Å². The molecule has 0 aliphatic carbocycles. The predicted octanol–water partition coefficient (Wildman–Crippen LogP) is 3.16. The SMILES string of the molecule is CCCCOc1ccccc1C(=O)NC(=S)NNC(=O)Cn1ccc2ccccc21. The lowest BCUT2D eigenvalue weighted by Gasteiger charge is -2.13. The van der Waals surface area contributed by atoms with Gasteiger partial charge < -0.3 is 9.30 Å². The quantitative estimate of drug-likeness (QED) is 0.308. The van der Waals surface area contributed by atoms with Gasteiger partial charge in [0, 0.05) is 11.7 Å².